The van der Waals surface area contributed by atoms with E-state index < -0.39 is 15.8 Å². The molecule has 10 heteroatoms. The van der Waals surface area contributed by atoms with E-state index in [9.17, 15) is 18.0 Å². The summed E-state index contributed by atoms with van der Waals surface area (Å²) in [5.74, 6) is -0.722. The Kier molecular flexibility index (Phi) is 6.23. The first kappa shape index (κ1) is 22.3. The van der Waals surface area contributed by atoms with Crippen LogP contribution < -0.4 is 5.76 Å². The summed E-state index contributed by atoms with van der Waals surface area (Å²) in [5, 5.41) is 0.551. The molecule has 1 saturated heterocycles. The minimum atomic E-state index is -3.79. The first-order valence-electron chi connectivity index (χ1n) is 10.2. The topological polar surface area (TPSA) is 92.8 Å². The zero-order chi connectivity index (χ0) is 22.9. The number of aromatic nitrogens is 1. The molecular formula is C22H22ClN3O5S. The highest BCUT2D eigenvalue weighted by Gasteiger charge is 2.30. The van der Waals surface area contributed by atoms with Crippen molar-refractivity contribution in [1.29, 1.82) is 0 Å². The molecule has 2 heterocycles. The Hall–Kier alpha value is -2.88. The van der Waals surface area contributed by atoms with E-state index in [0.717, 1.165) is 5.56 Å². The molecule has 168 valence electrons. The van der Waals surface area contributed by atoms with Crippen LogP contribution in [0.25, 0.3) is 17.2 Å². The summed E-state index contributed by atoms with van der Waals surface area (Å²) >= 11 is 6.10. The van der Waals surface area contributed by atoms with Crippen molar-refractivity contribution in [3.63, 3.8) is 0 Å². The normalized spacial score (nSPS) is 15.6. The smallest absolute Gasteiger partial charge is 0.408 e. The van der Waals surface area contributed by atoms with Crippen LogP contribution in [-0.4, -0.2) is 54.3 Å². The number of piperazine rings is 1. The minimum Gasteiger partial charge on any atom is -0.408 e. The van der Waals surface area contributed by atoms with Gasteiger partial charge in [-0.1, -0.05) is 29.8 Å². The zero-order valence-electron chi connectivity index (χ0n) is 17.4. The van der Waals surface area contributed by atoms with E-state index in [4.69, 9.17) is 16.0 Å². The number of fused-ring (bicyclic) bond motifs is 1. The van der Waals surface area contributed by atoms with E-state index in [1.807, 2.05) is 25.1 Å². The lowest BCUT2D eigenvalue weighted by Crippen LogP contribution is -2.50. The quantitative estimate of drug-likeness (QED) is 0.529. The molecule has 0 atom stereocenters. The number of halogens is 1. The summed E-state index contributed by atoms with van der Waals surface area (Å²) in [6, 6.07) is 11.6. The molecule has 1 fully saturated rings. The number of nitrogens with zero attached hydrogens (tertiary/aromatic N) is 3. The molecule has 0 bridgehead atoms. The Morgan fingerprint density at radius 1 is 1.12 bits per heavy atom. The van der Waals surface area contributed by atoms with Crippen molar-refractivity contribution in [1.82, 2.24) is 13.8 Å². The molecule has 0 N–H and O–H groups in total. The number of hydrogen-bond donors (Lipinski definition) is 0. The van der Waals surface area contributed by atoms with Crippen molar-refractivity contribution in [3.05, 3.63) is 69.7 Å². The van der Waals surface area contributed by atoms with Crippen molar-refractivity contribution < 1.29 is 17.6 Å². The van der Waals surface area contributed by atoms with E-state index >= 15 is 0 Å². The first-order valence-corrected chi connectivity index (χ1v) is 12.0. The molecule has 0 spiro atoms. The Balaban J connectivity index is 1.45. The van der Waals surface area contributed by atoms with E-state index in [2.05, 4.69) is 0 Å². The Morgan fingerprint density at radius 3 is 2.53 bits per heavy atom. The lowest BCUT2D eigenvalue weighted by molar-refractivity contribution is -0.127. The van der Waals surface area contributed by atoms with Gasteiger partial charge in [0.05, 0.1) is 10.4 Å². The number of rotatable bonds is 5. The molecule has 2 aromatic carbocycles. The molecule has 32 heavy (non-hydrogen) atoms. The maximum atomic E-state index is 13.1. The van der Waals surface area contributed by atoms with Crippen LogP contribution in [0.5, 0.6) is 0 Å². The van der Waals surface area contributed by atoms with Crippen LogP contribution in [-0.2, 0) is 21.4 Å². The van der Waals surface area contributed by atoms with E-state index in [1.54, 1.807) is 23.1 Å². The molecule has 0 saturated carbocycles. The van der Waals surface area contributed by atoms with Crippen LogP contribution in [0.4, 0.5) is 0 Å². The van der Waals surface area contributed by atoms with Crippen LogP contribution in [0.1, 0.15) is 12.5 Å². The third-order valence-corrected chi connectivity index (χ3v) is 7.69. The molecular weight excluding hydrogens is 454 g/mol. The van der Waals surface area contributed by atoms with Gasteiger partial charge in [0.1, 0.15) is 0 Å². The van der Waals surface area contributed by atoms with Gasteiger partial charge < -0.3 is 9.32 Å². The van der Waals surface area contributed by atoms with Gasteiger partial charge in [-0.3, -0.25) is 9.36 Å². The van der Waals surface area contributed by atoms with Gasteiger partial charge in [0.15, 0.2) is 5.58 Å². The van der Waals surface area contributed by atoms with Crippen LogP contribution >= 0.6 is 11.6 Å². The summed E-state index contributed by atoms with van der Waals surface area (Å²) in [7, 11) is -3.79. The van der Waals surface area contributed by atoms with Gasteiger partial charge in [0.25, 0.3) is 0 Å². The molecule has 0 aliphatic carbocycles. The second kappa shape index (κ2) is 8.93. The molecule has 8 nitrogen and oxygen atoms in total. The van der Waals surface area contributed by atoms with Gasteiger partial charge in [-0.15, -0.1) is 0 Å². The highest BCUT2D eigenvalue weighted by molar-refractivity contribution is 7.89. The highest BCUT2D eigenvalue weighted by Crippen LogP contribution is 2.23. The average Bonchev–Trinajstić information content (AvgIpc) is 3.12. The largest absolute Gasteiger partial charge is 0.419 e. The summed E-state index contributed by atoms with van der Waals surface area (Å²) in [5.41, 5.74) is 1.52. The molecule has 1 amide bonds. The predicted molar refractivity (Wildman–Crippen MR) is 122 cm³/mol. The molecule has 1 aromatic heterocycles. The maximum Gasteiger partial charge on any atom is 0.419 e. The van der Waals surface area contributed by atoms with Crippen LogP contribution in [0, 0.1) is 0 Å². The summed E-state index contributed by atoms with van der Waals surface area (Å²) in [6.07, 6.45) is 3.10. The molecule has 1 aliphatic rings. The van der Waals surface area contributed by atoms with Gasteiger partial charge >= 0.3 is 5.76 Å². The number of amides is 1. The number of oxazole rings is 1. The monoisotopic (exact) mass is 475 g/mol. The number of aryl methyl sites for hydroxylation is 1. The van der Waals surface area contributed by atoms with Crippen LogP contribution in [0.15, 0.2) is 62.6 Å². The fraction of sp³-hybridized carbons (Fsp3) is 0.273. The van der Waals surface area contributed by atoms with Crippen molar-refractivity contribution in [2.24, 2.45) is 0 Å². The van der Waals surface area contributed by atoms with E-state index in [1.165, 1.54) is 27.1 Å². The van der Waals surface area contributed by atoms with Gasteiger partial charge in [0.2, 0.25) is 15.9 Å². The molecule has 4 rings (SSSR count). The fourth-order valence-electron chi connectivity index (χ4n) is 3.68. The SMILES string of the molecule is CCn1c(=O)oc2cc(S(=O)(=O)N3CCN(C(=O)/C=C/c4ccccc4Cl)CC3)ccc21. The van der Waals surface area contributed by atoms with Gasteiger partial charge in [-0.2, -0.15) is 4.31 Å². The van der Waals surface area contributed by atoms with Crippen molar-refractivity contribution in [2.45, 2.75) is 18.4 Å². The van der Waals surface area contributed by atoms with Crippen molar-refractivity contribution in [3.8, 4) is 0 Å². The fourth-order valence-corrected chi connectivity index (χ4v) is 5.32. The zero-order valence-corrected chi connectivity index (χ0v) is 19.0. The van der Waals surface area contributed by atoms with E-state index in [-0.39, 0.29) is 42.6 Å². The number of benzene rings is 2. The van der Waals surface area contributed by atoms with Crippen LogP contribution in [0.2, 0.25) is 5.02 Å². The predicted octanol–water partition coefficient (Wildman–Crippen LogP) is 2.81. The highest BCUT2D eigenvalue weighted by atomic mass is 35.5. The second-order valence-corrected chi connectivity index (χ2v) is 9.67. The number of carbonyl (C=O) groups excluding carboxylic acids is 1. The number of hydrogen-bond acceptors (Lipinski definition) is 5. The molecule has 0 unspecified atom stereocenters. The van der Waals surface area contributed by atoms with Crippen molar-refractivity contribution in [2.75, 3.05) is 26.2 Å². The first-order chi connectivity index (χ1) is 15.3. The minimum absolute atomic E-state index is 0.0559. The standard InChI is InChI=1S/C22H22ClN3O5S/c1-2-26-19-9-8-17(15-20(19)31-22(26)28)32(29,30)25-13-11-24(12-14-25)21(27)10-7-16-5-3-4-6-18(16)23/h3-10,15H,2,11-14H2,1H3/b10-7+. The average molecular weight is 476 g/mol. The second-order valence-electron chi connectivity index (χ2n) is 7.33. The molecule has 3 aromatic rings. The van der Waals surface area contributed by atoms with Gasteiger partial charge in [0, 0.05) is 49.9 Å². The third-order valence-electron chi connectivity index (χ3n) is 5.45. The maximum absolute atomic E-state index is 13.1. The number of carbonyl (C=O) groups is 1. The van der Waals surface area contributed by atoms with E-state index in [0.29, 0.717) is 17.1 Å². The Labute approximate surface area is 190 Å². The number of sulfonamides is 1. The Morgan fingerprint density at radius 2 is 1.84 bits per heavy atom. The summed E-state index contributed by atoms with van der Waals surface area (Å²) in [6.45, 7) is 3.13. The summed E-state index contributed by atoms with van der Waals surface area (Å²) < 4.78 is 34.1. The van der Waals surface area contributed by atoms with Gasteiger partial charge in [-0.25, -0.2) is 13.2 Å². The van der Waals surface area contributed by atoms with Crippen LogP contribution in [0.3, 0.4) is 0 Å². The Bertz CT molecular complexity index is 1350. The molecule has 1 aliphatic heterocycles. The summed E-state index contributed by atoms with van der Waals surface area (Å²) in [4.78, 5) is 26.0. The lowest BCUT2D eigenvalue weighted by atomic mass is 10.2. The lowest BCUT2D eigenvalue weighted by Gasteiger charge is -2.33. The third kappa shape index (κ3) is 4.23. The molecule has 0 radical (unpaired) electrons. The van der Waals surface area contributed by atoms with Crippen molar-refractivity contribution >= 4 is 44.7 Å². The van der Waals surface area contributed by atoms with Gasteiger partial charge in [-0.05, 0) is 36.8 Å².